The van der Waals surface area contributed by atoms with Crippen LogP contribution in [-0.4, -0.2) is 44.4 Å². The third-order valence-electron chi connectivity index (χ3n) is 5.92. The van der Waals surface area contributed by atoms with Gasteiger partial charge in [-0.2, -0.15) is 5.10 Å². The van der Waals surface area contributed by atoms with Crippen molar-refractivity contribution in [3.8, 4) is 11.5 Å². The lowest BCUT2D eigenvalue weighted by atomic mass is 10.1. The van der Waals surface area contributed by atoms with Gasteiger partial charge in [-0.3, -0.25) is 15.2 Å². The largest absolute Gasteiger partial charge is 0.454 e. The first kappa shape index (κ1) is 30.4. The summed E-state index contributed by atoms with van der Waals surface area (Å²) in [7, 11) is 0. The van der Waals surface area contributed by atoms with E-state index >= 15 is 0 Å². The summed E-state index contributed by atoms with van der Waals surface area (Å²) in [4.78, 5) is 35.3. The van der Waals surface area contributed by atoms with Crippen LogP contribution in [0.2, 0.25) is 0 Å². The van der Waals surface area contributed by atoms with Gasteiger partial charge in [0.15, 0.2) is 16.7 Å². The molecular weight excluding hydrogens is 580 g/mol. The average Bonchev–Trinajstić information content (AvgIpc) is 3.59. The molecule has 0 radical (unpaired) electrons. The number of nitrogens with one attached hydrogen (secondary N) is 3. The van der Waals surface area contributed by atoms with Gasteiger partial charge in [0.25, 0.3) is 0 Å². The number of aryl methyl sites for hydroxylation is 1. The maximum atomic E-state index is 13.3. The van der Waals surface area contributed by atoms with E-state index in [1.165, 1.54) is 17.8 Å². The predicted octanol–water partition coefficient (Wildman–Crippen LogP) is 7.32. The Morgan fingerprint density at radius 1 is 1.00 bits per heavy atom. The molecular formula is C32H32N6O5S. The molecule has 0 bridgehead atoms. The highest BCUT2D eigenvalue weighted by atomic mass is 32.2. The molecule has 5 rings (SSSR count). The number of aromatic nitrogens is 4. The maximum absolute atomic E-state index is 13.3. The van der Waals surface area contributed by atoms with Gasteiger partial charge in [-0.25, -0.2) is 14.8 Å². The van der Waals surface area contributed by atoms with Gasteiger partial charge in [-0.15, -0.1) is 0 Å². The molecule has 3 N–H and O–H groups in total. The number of amides is 1. The quantitative estimate of drug-likeness (QED) is 0.0762. The molecule has 226 valence electrons. The van der Waals surface area contributed by atoms with Gasteiger partial charge in [0, 0.05) is 22.7 Å². The summed E-state index contributed by atoms with van der Waals surface area (Å²) in [5, 5.41) is 13.3. The number of nitrogens with zero attached hydrogens (tertiary/aromatic N) is 3. The molecule has 0 saturated carbocycles. The van der Waals surface area contributed by atoms with Crippen molar-refractivity contribution in [3.63, 3.8) is 0 Å². The van der Waals surface area contributed by atoms with Gasteiger partial charge in [0.1, 0.15) is 22.9 Å². The second-order valence-corrected chi connectivity index (χ2v) is 12.0. The zero-order chi connectivity index (χ0) is 31.3. The molecule has 0 atom stereocenters. The van der Waals surface area contributed by atoms with Gasteiger partial charge in [0.05, 0.1) is 5.69 Å². The van der Waals surface area contributed by atoms with E-state index in [1.807, 2.05) is 56.3 Å². The Morgan fingerprint density at radius 2 is 1.77 bits per heavy atom. The number of ether oxygens (including phenoxy) is 3. The molecule has 0 unspecified atom stereocenters. The van der Waals surface area contributed by atoms with Crippen LogP contribution in [0.5, 0.6) is 11.5 Å². The Hall–Kier alpha value is -5.10. The number of carbonyl (C=O) groups excluding carboxylic acids is 2. The van der Waals surface area contributed by atoms with Crippen molar-refractivity contribution in [2.75, 3.05) is 17.4 Å². The topological polar surface area (TPSA) is 140 Å². The number of hydrogen-bond donors (Lipinski definition) is 3. The summed E-state index contributed by atoms with van der Waals surface area (Å²) >= 11 is 1.28. The molecule has 2 aromatic carbocycles. The molecule has 3 heterocycles. The summed E-state index contributed by atoms with van der Waals surface area (Å²) in [5.74, 6) is 2.18. The first-order chi connectivity index (χ1) is 21.0. The summed E-state index contributed by atoms with van der Waals surface area (Å²) in [6.45, 7) is 9.39. The molecule has 0 aliphatic carbocycles. The highest BCUT2D eigenvalue weighted by molar-refractivity contribution is 7.99. The van der Waals surface area contributed by atoms with E-state index < -0.39 is 11.7 Å². The van der Waals surface area contributed by atoms with E-state index in [0.717, 1.165) is 21.7 Å². The van der Waals surface area contributed by atoms with Crippen molar-refractivity contribution in [1.82, 2.24) is 20.2 Å². The number of fused-ring (bicyclic) bond motifs is 1. The smallest absolute Gasteiger partial charge is 0.412 e. The van der Waals surface area contributed by atoms with Crippen LogP contribution in [0.1, 0.15) is 49.4 Å². The number of benzene rings is 2. The lowest BCUT2D eigenvalue weighted by Gasteiger charge is -2.19. The van der Waals surface area contributed by atoms with Crippen molar-refractivity contribution in [1.29, 1.82) is 0 Å². The highest BCUT2D eigenvalue weighted by Gasteiger charge is 2.17. The molecule has 0 saturated heterocycles. The average molecular weight is 613 g/mol. The van der Waals surface area contributed by atoms with E-state index in [-0.39, 0.29) is 18.3 Å². The monoisotopic (exact) mass is 612 g/mol. The van der Waals surface area contributed by atoms with Crippen LogP contribution in [0.3, 0.4) is 0 Å². The fraction of sp³-hybridized carbons (Fsp3) is 0.219. The van der Waals surface area contributed by atoms with E-state index in [0.29, 0.717) is 34.0 Å². The minimum atomic E-state index is -0.600. The molecule has 4 aromatic rings. The standard InChI is InChI=1S/C32H32N6O5S/c1-19(14-21-7-13-26-27(16-21)42-18-41-26)6-12-25(39)24-17-28(35-29-15-20(2)37-38-29)36-30(34-24)44-23-10-8-22(9-11-23)33-31(40)43-32(3,4)5/h6-17H,18H2,1-5H3,(H,33,40)(H2,34,35,36,37,38). The van der Waals surface area contributed by atoms with Crippen molar-refractivity contribution in [3.05, 3.63) is 89.3 Å². The van der Waals surface area contributed by atoms with Crippen LogP contribution < -0.4 is 20.1 Å². The first-order valence-corrected chi connectivity index (χ1v) is 14.6. The molecule has 1 aliphatic rings. The number of H-pyrrole nitrogens is 1. The number of rotatable bonds is 9. The Morgan fingerprint density at radius 3 is 2.50 bits per heavy atom. The SMILES string of the molecule is CC(C=CC(=O)c1cc(Nc2cc(C)n[nH]2)nc(Sc2ccc(NC(=O)OC(C)(C)C)cc2)n1)=Cc1ccc2c(c1)OCO2. The fourth-order valence-corrected chi connectivity index (χ4v) is 4.80. The van der Waals surface area contributed by atoms with Crippen molar-refractivity contribution >= 4 is 47.0 Å². The molecule has 1 amide bonds. The van der Waals surface area contributed by atoms with Gasteiger partial charge in [-0.05, 0) is 94.4 Å². The zero-order valence-electron chi connectivity index (χ0n) is 24.9. The van der Waals surface area contributed by atoms with Crippen molar-refractivity contribution in [2.24, 2.45) is 0 Å². The van der Waals surface area contributed by atoms with Gasteiger partial charge in [0.2, 0.25) is 12.6 Å². The highest BCUT2D eigenvalue weighted by Crippen LogP contribution is 2.33. The number of ketones is 1. The molecule has 0 fully saturated rings. The van der Waals surface area contributed by atoms with Crippen LogP contribution in [0.15, 0.2) is 82.4 Å². The summed E-state index contributed by atoms with van der Waals surface area (Å²) < 4.78 is 16.1. The van der Waals surface area contributed by atoms with E-state index in [9.17, 15) is 9.59 Å². The van der Waals surface area contributed by atoms with Crippen LogP contribution in [0.25, 0.3) is 6.08 Å². The Labute approximate surface area is 259 Å². The Kier molecular flexibility index (Phi) is 9.00. The summed E-state index contributed by atoms with van der Waals surface area (Å²) in [5.41, 5.74) is 2.80. The molecule has 12 heteroatoms. The second-order valence-electron chi connectivity index (χ2n) is 10.9. The fourth-order valence-electron chi connectivity index (χ4n) is 4.02. The Balaban J connectivity index is 1.33. The number of carbonyl (C=O) groups is 2. The minimum absolute atomic E-state index is 0.211. The third-order valence-corrected chi connectivity index (χ3v) is 6.80. The second kappa shape index (κ2) is 13.0. The van der Waals surface area contributed by atoms with Gasteiger partial charge >= 0.3 is 6.09 Å². The molecule has 11 nitrogen and oxygen atoms in total. The number of hydrogen-bond acceptors (Lipinski definition) is 10. The molecule has 1 aliphatic heterocycles. The van der Waals surface area contributed by atoms with Crippen LogP contribution >= 0.6 is 11.8 Å². The first-order valence-electron chi connectivity index (χ1n) is 13.8. The number of anilines is 3. The van der Waals surface area contributed by atoms with Crippen molar-refractivity contribution < 1.29 is 23.8 Å². The zero-order valence-corrected chi connectivity index (χ0v) is 25.7. The normalized spacial score (nSPS) is 12.8. The van der Waals surface area contributed by atoms with E-state index in [2.05, 4.69) is 30.8 Å². The number of aromatic amines is 1. The van der Waals surface area contributed by atoms with Gasteiger partial charge < -0.3 is 19.5 Å². The van der Waals surface area contributed by atoms with Crippen LogP contribution in [0.4, 0.5) is 22.1 Å². The molecule has 44 heavy (non-hydrogen) atoms. The third kappa shape index (κ3) is 8.48. The van der Waals surface area contributed by atoms with Gasteiger partial charge in [-0.1, -0.05) is 23.8 Å². The van der Waals surface area contributed by atoms with E-state index in [4.69, 9.17) is 14.2 Å². The van der Waals surface area contributed by atoms with Crippen LogP contribution in [0, 0.1) is 6.92 Å². The minimum Gasteiger partial charge on any atom is -0.454 e. The lowest BCUT2D eigenvalue weighted by molar-refractivity contribution is 0.0635. The summed E-state index contributed by atoms with van der Waals surface area (Å²) in [6, 6.07) is 16.3. The summed E-state index contributed by atoms with van der Waals surface area (Å²) in [6.07, 6.45) is 4.63. The van der Waals surface area contributed by atoms with Crippen molar-refractivity contribution in [2.45, 2.75) is 50.3 Å². The number of allylic oxidation sites excluding steroid dienone is 3. The molecule has 2 aromatic heterocycles. The van der Waals surface area contributed by atoms with E-state index in [1.54, 1.807) is 45.0 Å². The van der Waals surface area contributed by atoms with Crippen LogP contribution in [-0.2, 0) is 4.74 Å². The lowest BCUT2D eigenvalue weighted by Crippen LogP contribution is -2.27. The Bertz CT molecular complexity index is 1740. The predicted molar refractivity (Wildman–Crippen MR) is 169 cm³/mol. The maximum Gasteiger partial charge on any atom is 0.412 e. The molecule has 0 spiro atoms.